The Morgan fingerprint density at radius 2 is 1.85 bits per heavy atom. The van der Waals surface area contributed by atoms with Crippen LogP contribution in [-0.2, 0) is 6.42 Å². The molecule has 1 aliphatic rings. The maximum Gasteiger partial charge on any atom is 0.356 e. The number of carboxylic acid groups (broad SMARTS) is 1. The minimum absolute atomic E-state index is 0.0365. The van der Waals surface area contributed by atoms with Crippen LogP contribution in [0.1, 0.15) is 16.1 Å². The lowest BCUT2D eigenvalue weighted by molar-refractivity contribution is 0.0689. The molecule has 2 heterocycles. The average molecular weight is 426 g/mol. The van der Waals surface area contributed by atoms with Gasteiger partial charge >= 0.3 is 5.97 Å². The Morgan fingerprint density at radius 3 is 2.58 bits per heavy atom. The zero-order chi connectivity index (χ0) is 18.4. The molecular weight excluding hydrogens is 415 g/mol. The molecule has 1 aromatic heterocycles. The first kappa shape index (κ1) is 17.7. The van der Waals surface area contributed by atoms with E-state index in [4.69, 9.17) is 34.8 Å². The van der Waals surface area contributed by atoms with Crippen LogP contribution in [0.15, 0.2) is 41.3 Å². The molecule has 0 atom stereocenters. The van der Waals surface area contributed by atoms with E-state index in [0.29, 0.717) is 32.7 Å². The van der Waals surface area contributed by atoms with Crippen molar-refractivity contribution < 1.29 is 9.90 Å². The van der Waals surface area contributed by atoms with Crippen LogP contribution in [0, 0.1) is 0 Å². The third kappa shape index (κ3) is 2.99. The van der Waals surface area contributed by atoms with Crippen molar-refractivity contribution in [1.29, 1.82) is 0 Å². The van der Waals surface area contributed by atoms with E-state index in [2.05, 4.69) is 5.10 Å². The van der Waals surface area contributed by atoms with Gasteiger partial charge in [-0.3, -0.25) is 0 Å². The summed E-state index contributed by atoms with van der Waals surface area (Å²) in [7, 11) is 0. The molecule has 0 amide bonds. The molecule has 26 heavy (non-hydrogen) atoms. The fourth-order valence-electron chi connectivity index (χ4n) is 3.04. The number of halogens is 3. The summed E-state index contributed by atoms with van der Waals surface area (Å²) < 4.78 is 1.59. The van der Waals surface area contributed by atoms with Crippen LogP contribution >= 0.6 is 46.6 Å². The first-order valence-electron chi connectivity index (χ1n) is 7.69. The van der Waals surface area contributed by atoms with Gasteiger partial charge in [0.25, 0.3) is 0 Å². The lowest BCUT2D eigenvalue weighted by Gasteiger charge is -2.12. The molecule has 0 saturated carbocycles. The van der Waals surface area contributed by atoms with E-state index in [-0.39, 0.29) is 5.69 Å². The number of hydrogen-bond acceptors (Lipinski definition) is 3. The summed E-state index contributed by atoms with van der Waals surface area (Å²) in [6.07, 6.45) is 0.582. The Balaban J connectivity index is 2.06. The highest BCUT2D eigenvalue weighted by Gasteiger charge is 2.28. The predicted molar refractivity (Wildman–Crippen MR) is 105 cm³/mol. The van der Waals surface area contributed by atoms with Gasteiger partial charge in [0.1, 0.15) is 0 Å². The molecule has 0 fully saturated rings. The number of thioether (sulfide) groups is 1. The van der Waals surface area contributed by atoms with Crippen LogP contribution < -0.4 is 0 Å². The fourth-order valence-corrected chi connectivity index (χ4v) is 4.82. The Kier molecular flexibility index (Phi) is 4.65. The van der Waals surface area contributed by atoms with Crippen molar-refractivity contribution in [3.05, 3.63) is 62.7 Å². The van der Waals surface area contributed by atoms with E-state index in [0.717, 1.165) is 21.9 Å². The third-order valence-electron chi connectivity index (χ3n) is 4.13. The van der Waals surface area contributed by atoms with Crippen molar-refractivity contribution >= 4 is 52.5 Å². The summed E-state index contributed by atoms with van der Waals surface area (Å²) in [5, 5.41) is 15.5. The summed E-state index contributed by atoms with van der Waals surface area (Å²) in [5.41, 5.74) is 2.92. The SMILES string of the molecule is O=C(O)c1nn(-c2ccc(Cl)cc2Cl)c2c1CCSc1cc(Cl)ccc1-2. The molecule has 4 nitrogen and oxygen atoms in total. The van der Waals surface area contributed by atoms with Gasteiger partial charge in [-0.05, 0) is 36.8 Å². The topological polar surface area (TPSA) is 55.1 Å². The molecule has 0 saturated heterocycles. The second-order valence-corrected chi connectivity index (χ2v) is 8.14. The van der Waals surface area contributed by atoms with Crippen LogP contribution in [0.25, 0.3) is 16.9 Å². The lowest BCUT2D eigenvalue weighted by Crippen LogP contribution is -2.04. The summed E-state index contributed by atoms with van der Waals surface area (Å²) in [6, 6.07) is 10.6. The molecule has 0 radical (unpaired) electrons. The van der Waals surface area contributed by atoms with Crippen molar-refractivity contribution in [2.75, 3.05) is 5.75 Å². The summed E-state index contributed by atoms with van der Waals surface area (Å²) in [6.45, 7) is 0. The molecule has 0 bridgehead atoms. The maximum atomic E-state index is 11.8. The molecule has 0 aliphatic carbocycles. The van der Waals surface area contributed by atoms with E-state index < -0.39 is 5.97 Å². The number of carboxylic acids is 1. The molecule has 0 unspecified atom stereocenters. The van der Waals surface area contributed by atoms with Gasteiger partial charge in [-0.25, -0.2) is 9.48 Å². The van der Waals surface area contributed by atoms with E-state index in [1.165, 1.54) is 0 Å². The molecule has 4 rings (SSSR count). The monoisotopic (exact) mass is 424 g/mol. The summed E-state index contributed by atoms with van der Waals surface area (Å²) in [5.74, 6) is -0.326. The number of nitrogens with zero attached hydrogens (tertiary/aromatic N) is 2. The van der Waals surface area contributed by atoms with Gasteiger partial charge in [0.15, 0.2) is 5.69 Å². The van der Waals surface area contributed by atoms with Crippen LogP contribution in [0.2, 0.25) is 15.1 Å². The highest BCUT2D eigenvalue weighted by atomic mass is 35.5. The van der Waals surface area contributed by atoms with Gasteiger partial charge in [-0.2, -0.15) is 5.10 Å². The Bertz CT molecular complexity index is 1050. The number of carbonyl (C=O) groups is 1. The highest BCUT2D eigenvalue weighted by molar-refractivity contribution is 7.99. The Morgan fingerprint density at radius 1 is 1.12 bits per heavy atom. The van der Waals surface area contributed by atoms with Crippen LogP contribution in [0.3, 0.4) is 0 Å². The van der Waals surface area contributed by atoms with Gasteiger partial charge in [0.2, 0.25) is 0 Å². The minimum Gasteiger partial charge on any atom is -0.476 e. The molecule has 0 spiro atoms. The van der Waals surface area contributed by atoms with Gasteiger partial charge in [0.05, 0.1) is 16.4 Å². The number of fused-ring (bicyclic) bond motifs is 3. The Hall–Kier alpha value is -1.66. The van der Waals surface area contributed by atoms with Crippen LogP contribution in [0.4, 0.5) is 0 Å². The van der Waals surface area contributed by atoms with E-state index in [1.54, 1.807) is 40.7 Å². The average Bonchev–Trinajstić information content (AvgIpc) is 2.85. The standard InChI is InChI=1S/C18H11Cl3N2O2S/c19-9-2-4-14(13(21)7-9)23-17-11-3-1-10(20)8-15(11)26-6-5-12(17)16(22-23)18(24)25/h1-4,7-8H,5-6H2,(H,24,25). The minimum atomic E-state index is -1.06. The quantitative estimate of drug-likeness (QED) is 0.560. The van der Waals surface area contributed by atoms with Gasteiger partial charge in [-0.1, -0.05) is 40.9 Å². The maximum absolute atomic E-state index is 11.8. The number of hydrogen-bond donors (Lipinski definition) is 1. The smallest absolute Gasteiger partial charge is 0.356 e. The number of aromatic nitrogens is 2. The molecule has 1 aliphatic heterocycles. The number of aromatic carboxylic acids is 1. The van der Waals surface area contributed by atoms with Gasteiger partial charge in [-0.15, -0.1) is 11.8 Å². The lowest BCUT2D eigenvalue weighted by atomic mass is 10.0. The molecule has 3 aromatic rings. The van der Waals surface area contributed by atoms with Crippen molar-refractivity contribution in [3.63, 3.8) is 0 Å². The number of rotatable bonds is 2. The second-order valence-electron chi connectivity index (χ2n) is 5.73. The fraction of sp³-hybridized carbons (Fsp3) is 0.111. The molecule has 8 heteroatoms. The van der Waals surface area contributed by atoms with E-state index in [9.17, 15) is 9.90 Å². The van der Waals surface area contributed by atoms with Crippen molar-refractivity contribution in [2.24, 2.45) is 0 Å². The highest BCUT2D eigenvalue weighted by Crippen LogP contribution is 2.42. The Labute approximate surface area is 168 Å². The van der Waals surface area contributed by atoms with E-state index >= 15 is 0 Å². The van der Waals surface area contributed by atoms with Crippen molar-refractivity contribution in [1.82, 2.24) is 9.78 Å². The number of benzene rings is 2. The predicted octanol–water partition coefficient (Wildman–Crippen LogP) is 5.85. The zero-order valence-electron chi connectivity index (χ0n) is 13.2. The van der Waals surface area contributed by atoms with Crippen LogP contribution in [0.5, 0.6) is 0 Å². The first-order chi connectivity index (χ1) is 12.5. The zero-order valence-corrected chi connectivity index (χ0v) is 16.3. The second kappa shape index (κ2) is 6.82. The van der Waals surface area contributed by atoms with Gasteiger partial charge in [0, 0.05) is 31.8 Å². The van der Waals surface area contributed by atoms with E-state index in [1.807, 2.05) is 12.1 Å². The normalized spacial score (nSPS) is 13.0. The third-order valence-corrected chi connectivity index (χ3v) is 5.96. The largest absolute Gasteiger partial charge is 0.476 e. The summed E-state index contributed by atoms with van der Waals surface area (Å²) >= 11 is 20.2. The first-order valence-corrected chi connectivity index (χ1v) is 9.81. The molecule has 132 valence electrons. The van der Waals surface area contributed by atoms with Gasteiger partial charge < -0.3 is 5.11 Å². The molecule has 1 N–H and O–H groups in total. The summed E-state index contributed by atoms with van der Waals surface area (Å²) in [4.78, 5) is 12.8. The van der Waals surface area contributed by atoms with Crippen molar-refractivity contribution in [2.45, 2.75) is 11.3 Å². The molecular formula is C18H11Cl3N2O2S. The van der Waals surface area contributed by atoms with Crippen LogP contribution in [-0.4, -0.2) is 26.6 Å². The van der Waals surface area contributed by atoms with Crippen molar-refractivity contribution in [3.8, 4) is 16.9 Å². The molecule has 2 aromatic carbocycles.